The Labute approximate surface area is 183 Å². The van der Waals surface area contributed by atoms with Crippen molar-refractivity contribution in [2.45, 2.75) is 12.8 Å². The molecule has 3 aromatic carbocycles. The molecule has 1 aliphatic heterocycles. The highest BCUT2D eigenvalue weighted by Crippen LogP contribution is 2.30. The molecule has 3 amide bonds. The lowest BCUT2D eigenvalue weighted by molar-refractivity contribution is -0.116. The van der Waals surface area contributed by atoms with Crippen LogP contribution in [-0.2, 0) is 4.79 Å². The maximum atomic E-state index is 12.9. The summed E-state index contributed by atoms with van der Waals surface area (Å²) in [7, 11) is 0. The van der Waals surface area contributed by atoms with Crippen LogP contribution in [0.2, 0.25) is 0 Å². The van der Waals surface area contributed by atoms with E-state index < -0.39 is 0 Å². The Morgan fingerprint density at radius 2 is 1.62 bits per heavy atom. The molecule has 158 valence electrons. The van der Waals surface area contributed by atoms with Crippen LogP contribution in [0.25, 0.3) is 16.5 Å². The molecule has 0 spiro atoms. The van der Waals surface area contributed by atoms with Gasteiger partial charge in [-0.2, -0.15) is 5.10 Å². The molecule has 0 radical (unpaired) electrons. The zero-order valence-electron chi connectivity index (χ0n) is 17.1. The first kappa shape index (κ1) is 19.6. The summed E-state index contributed by atoms with van der Waals surface area (Å²) >= 11 is 0. The standard InChI is InChI=1S/C24H19N5O3/c30-21(27-19-10-1-2-11-20(19)29-15-25-14-26-29)12-5-13-28-23(31)17-8-3-6-16-7-4-9-18(22(16)17)24(28)32/h1-4,6-11,14-15H,5,12-13H2,(H,27,30). The van der Waals surface area contributed by atoms with E-state index in [-0.39, 0.29) is 30.7 Å². The highest BCUT2D eigenvalue weighted by Gasteiger charge is 2.32. The van der Waals surface area contributed by atoms with E-state index in [0.29, 0.717) is 34.3 Å². The van der Waals surface area contributed by atoms with Gasteiger partial charge in [-0.3, -0.25) is 19.3 Å². The van der Waals surface area contributed by atoms with Gasteiger partial charge in [-0.1, -0.05) is 36.4 Å². The number of carbonyl (C=O) groups excluding carboxylic acids is 3. The van der Waals surface area contributed by atoms with Crippen molar-refractivity contribution in [3.05, 3.63) is 84.4 Å². The molecule has 1 N–H and O–H groups in total. The summed E-state index contributed by atoms with van der Waals surface area (Å²) in [5, 5.41) is 8.54. The van der Waals surface area contributed by atoms with Gasteiger partial charge in [0.2, 0.25) is 5.91 Å². The topological polar surface area (TPSA) is 97.2 Å². The quantitative estimate of drug-likeness (QED) is 0.478. The summed E-state index contributed by atoms with van der Waals surface area (Å²) in [5.74, 6) is -0.857. The molecule has 0 atom stereocenters. The zero-order chi connectivity index (χ0) is 22.1. The molecule has 32 heavy (non-hydrogen) atoms. The van der Waals surface area contributed by atoms with Gasteiger partial charge < -0.3 is 5.32 Å². The minimum atomic E-state index is -0.323. The van der Waals surface area contributed by atoms with Gasteiger partial charge >= 0.3 is 0 Å². The highest BCUT2D eigenvalue weighted by molar-refractivity contribution is 6.25. The molecule has 0 bridgehead atoms. The number of aromatic nitrogens is 3. The van der Waals surface area contributed by atoms with Crippen LogP contribution in [0.3, 0.4) is 0 Å². The Bertz CT molecular complexity index is 1300. The fourth-order valence-corrected chi connectivity index (χ4v) is 4.01. The maximum Gasteiger partial charge on any atom is 0.261 e. The van der Waals surface area contributed by atoms with Gasteiger partial charge in [0.25, 0.3) is 11.8 Å². The van der Waals surface area contributed by atoms with E-state index in [4.69, 9.17) is 0 Å². The molecule has 0 fully saturated rings. The monoisotopic (exact) mass is 425 g/mol. The van der Waals surface area contributed by atoms with Crippen LogP contribution in [0.5, 0.6) is 0 Å². The lowest BCUT2D eigenvalue weighted by atomic mass is 9.94. The van der Waals surface area contributed by atoms with Crippen LogP contribution in [0.4, 0.5) is 5.69 Å². The van der Waals surface area contributed by atoms with E-state index >= 15 is 0 Å². The Morgan fingerprint density at radius 3 is 2.31 bits per heavy atom. The molecule has 2 heterocycles. The summed E-state index contributed by atoms with van der Waals surface area (Å²) < 4.78 is 1.57. The van der Waals surface area contributed by atoms with Crippen LogP contribution < -0.4 is 5.32 Å². The number of amides is 3. The number of nitrogens with zero attached hydrogens (tertiary/aromatic N) is 4. The van der Waals surface area contributed by atoms with Gasteiger partial charge in [-0.05, 0) is 36.1 Å². The van der Waals surface area contributed by atoms with E-state index in [2.05, 4.69) is 15.4 Å². The fourth-order valence-electron chi connectivity index (χ4n) is 4.01. The highest BCUT2D eigenvalue weighted by atomic mass is 16.2. The van der Waals surface area contributed by atoms with Crippen molar-refractivity contribution < 1.29 is 14.4 Å². The third kappa shape index (κ3) is 3.41. The number of anilines is 1. The zero-order valence-corrected chi connectivity index (χ0v) is 17.1. The number of benzene rings is 3. The third-order valence-corrected chi connectivity index (χ3v) is 5.49. The summed E-state index contributed by atoms with van der Waals surface area (Å²) in [4.78, 5) is 43.6. The summed E-state index contributed by atoms with van der Waals surface area (Å²) in [5.41, 5.74) is 2.34. The summed E-state index contributed by atoms with van der Waals surface area (Å²) in [6.45, 7) is 0.167. The lowest BCUT2D eigenvalue weighted by Crippen LogP contribution is -2.41. The van der Waals surface area contributed by atoms with Crippen LogP contribution in [-0.4, -0.2) is 43.9 Å². The first-order chi connectivity index (χ1) is 15.6. The van der Waals surface area contributed by atoms with E-state index in [1.165, 1.54) is 11.2 Å². The van der Waals surface area contributed by atoms with Gasteiger partial charge in [-0.15, -0.1) is 0 Å². The van der Waals surface area contributed by atoms with Gasteiger partial charge in [0, 0.05) is 29.5 Å². The van der Waals surface area contributed by atoms with Crippen molar-refractivity contribution >= 4 is 34.2 Å². The Morgan fingerprint density at radius 1 is 0.906 bits per heavy atom. The number of carbonyl (C=O) groups is 3. The van der Waals surface area contributed by atoms with Crippen molar-refractivity contribution in [3.8, 4) is 5.69 Å². The first-order valence-electron chi connectivity index (χ1n) is 10.3. The normalized spacial score (nSPS) is 12.9. The van der Waals surface area contributed by atoms with E-state index in [9.17, 15) is 14.4 Å². The fraction of sp³-hybridized carbons (Fsp3) is 0.125. The predicted molar refractivity (Wildman–Crippen MR) is 119 cm³/mol. The molecular formula is C24H19N5O3. The number of para-hydroxylation sites is 2. The van der Waals surface area contributed by atoms with Crippen molar-refractivity contribution in [2.75, 3.05) is 11.9 Å². The molecule has 8 nitrogen and oxygen atoms in total. The first-order valence-corrected chi connectivity index (χ1v) is 10.3. The molecule has 0 saturated heterocycles. The summed E-state index contributed by atoms with van der Waals surface area (Å²) in [6.07, 6.45) is 3.49. The minimum absolute atomic E-state index is 0.161. The van der Waals surface area contributed by atoms with Gasteiger partial charge in [-0.25, -0.2) is 9.67 Å². The van der Waals surface area contributed by atoms with Crippen molar-refractivity contribution in [1.82, 2.24) is 19.7 Å². The van der Waals surface area contributed by atoms with Crippen LogP contribution in [0.1, 0.15) is 33.6 Å². The van der Waals surface area contributed by atoms with E-state index in [1.54, 1.807) is 29.2 Å². The van der Waals surface area contributed by atoms with Crippen LogP contribution in [0.15, 0.2) is 73.3 Å². The number of imide groups is 1. The molecule has 0 saturated carbocycles. The van der Waals surface area contributed by atoms with Gasteiger partial charge in [0.05, 0.1) is 11.4 Å². The SMILES string of the molecule is O=C(CCCN1C(=O)c2cccc3cccc(c23)C1=O)Nc1ccccc1-n1cncn1. The largest absolute Gasteiger partial charge is 0.324 e. The van der Waals surface area contributed by atoms with E-state index in [0.717, 1.165) is 5.39 Å². The van der Waals surface area contributed by atoms with Crippen molar-refractivity contribution in [2.24, 2.45) is 0 Å². The lowest BCUT2D eigenvalue weighted by Gasteiger charge is -2.27. The molecule has 5 rings (SSSR count). The predicted octanol–water partition coefficient (Wildman–Crippen LogP) is 3.44. The molecule has 0 unspecified atom stereocenters. The molecule has 4 aromatic rings. The molecular weight excluding hydrogens is 406 g/mol. The van der Waals surface area contributed by atoms with Crippen molar-refractivity contribution in [1.29, 1.82) is 0 Å². The number of hydrogen-bond acceptors (Lipinski definition) is 5. The Hall–Kier alpha value is -4.33. The molecule has 1 aliphatic rings. The average molecular weight is 425 g/mol. The number of nitrogens with one attached hydrogen (secondary N) is 1. The second kappa shape index (κ2) is 8.07. The van der Waals surface area contributed by atoms with Gasteiger partial charge in [0.1, 0.15) is 12.7 Å². The second-order valence-corrected chi connectivity index (χ2v) is 7.48. The molecule has 1 aromatic heterocycles. The summed E-state index contributed by atoms with van der Waals surface area (Å²) in [6, 6.07) is 18.2. The van der Waals surface area contributed by atoms with Crippen LogP contribution >= 0.6 is 0 Å². The number of hydrogen-bond donors (Lipinski definition) is 1. The Kier molecular flexibility index (Phi) is 4.95. The number of rotatable bonds is 6. The van der Waals surface area contributed by atoms with Gasteiger partial charge in [0.15, 0.2) is 0 Å². The maximum absolute atomic E-state index is 12.9. The molecule has 8 heteroatoms. The smallest absolute Gasteiger partial charge is 0.261 e. The second-order valence-electron chi connectivity index (χ2n) is 7.48. The Balaban J connectivity index is 1.26. The van der Waals surface area contributed by atoms with Crippen LogP contribution in [0, 0.1) is 0 Å². The van der Waals surface area contributed by atoms with Crippen molar-refractivity contribution in [3.63, 3.8) is 0 Å². The molecule has 0 aliphatic carbocycles. The minimum Gasteiger partial charge on any atom is -0.324 e. The third-order valence-electron chi connectivity index (χ3n) is 5.49. The van der Waals surface area contributed by atoms with E-state index in [1.807, 2.05) is 42.5 Å². The average Bonchev–Trinajstić information content (AvgIpc) is 3.35.